The van der Waals surface area contributed by atoms with E-state index in [1.54, 1.807) is 4.44 Å². The van der Waals surface area contributed by atoms with Crippen LogP contribution in [0.4, 0.5) is 0 Å². The Bertz CT molecular complexity index is 240. The first-order valence-electron chi connectivity index (χ1n) is 4.92. The van der Waals surface area contributed by atoms with Gasteiger partial charge in [-0.3, -0.25) is 14.8 Å². The highest BCUT2D eigenvalue weighted by Crippen LogP contribution is 2.32. The molecule has 0 aromatic carbocycles. The van der Waals surface area contributed by atoms with E-state index in [1.165, 1.54) is 0 Å². The van der Waals surface area contributed by atoms with Crippen LogP contribution in [-0.2, 0) is 13.8 Å². The standard InChI is InChI=1S/C7H14N3O3P3/c8-14-10(15-9)6-1-3-7(4-2-6)12-5-13-16-11/h6-9H,1-5H2. The van der Waals surface area contributed by atoms with Crippen molar-refractivity contribution in [2.75, 3.05) is 6.79 Å². The maximum absolute atomic E-state index is 10.0. The third-order valence-electron chi connectivity index (χ3n) is 2.58. The van der Waals surface area contributed by atoms with E-state index in [9.17, 15) is 4.57 Å². The fourth-order valence-electron chi connectivity index (χ4n) is 1.78. The second-order valence-electron chi connectivity index (χ2n) is 3.44. The summed E-state index contributed by atoms with van der Waals surface area (Å²) in [4.78, 5) is 0. The molecule has 6 nitrogen and oxygen atoms in total. The van der Waals surface area contributed by atoms with Crippen molar-refractivity contribution in [1.29, 1.82) is 10.3 Å². The summed E-state index contributed by atoms with van der Waals surface area (Å²) < 4.78 is 21.8. The fourth-order valence-corrected chi connectivity index (χ4v) is 2.85. The molecule has 0 heterocycles. The second kappa shape index (κ2) is 8.30. The van der Waals surface area contributed by atoms with Gasteiger partial charge in [0.05, 0.1) is 6.10 Å². The van der Waals surface area contributed by atoms with Gasteiger partial charge in [-0.25, -0.2) is 4.57 Å². The third-order valence-corrected chi connectivity index (χ3v) is 4.39. The Balaban J connectivity index is 2.24. The van der Waals surface area contributed by atoms with Gasteiger partial charge in [0.1, 0.15) is 17.0 Å². The molecule has 90 valence electrons. The summed E-state index contributed by atoms with van der Waals surface area (Å²) in [5.74, 6) is 0. The molecule has 0 saturated heterocycles. The topological polar surface area (TPSA) is 86.5 Å². The monoisotopic (exact) mass is 281 g/mol. The summed E-state index contributed by atoms with van der Waals surface area (Å²) in [5.41, 5.74) is 0. The number of nitrogens with one attached hydrogen (secondary N) is 2. The van der Waals surface area contributed by atoms with Gasteiger partial charge in [-0.15, -0.1) is 0 Å². The summed E-state index contributed by atoms with van der Waals surface area (Å²) in [6.07, 6.45) is 3.86. The molecule has 1 fully saturated rings. The highest BCUT2D eigenvalue weighted by Gasteiger charge is 2.25. The van der Waals surface area contributed by atoms with Crippen LogP contribution in [0, 0.1) is 10.3 Å². The zero-order valence-electron chi connectivity index (χ0n) is 8.70. The van der Waals surface area contributed by atoms with Crippen LogP contribution < -0.4 is 0 Å². The van der Waals surface area contributed by atoms with E-state index in [4.69, 9.17) is 15.1 Å². The van der Waals surface area contributed by atoms with Crippen molar-refractivity contribution in [2.24, 2.45) is 0 Å². The molecule has 0 bridgehead atoms. The van der Waals surface area contributed by atoms with Gasteiger partial charge in [0.15, 0.2) is 6.79 Å². The molecule has 9 heteroatoms. The lowest BCUT2D eigenvalue weighted by atomic mass is 9.94. The van der Waals surface area contributed by atoms with Gasteiger partial charge in [0.2, 0.25) is 0 Å². The Morgan fingerprint density at radius 1 is 1.19 bits per heavy atom. The van der Waals surface area contributed by atoms with Crippen LogP contribution in [0.25, 0.3) is 0 Å². The number of hydrogen-bond donors (Lipinski definition) is 2. The van der Waals surface area contributed by atoms with E-state index in [1.807, 2.05) is 0 Å². The molecule has 0 aromatic rings. The van der Waals surface area contributed by atoms with Gasteiger partial charge >= 0.3 is 8.69 Å². The summed E-state index contributed by atoms with van der Waals surface area (Å²) in [7, 11) is 0.474. The minimum Gasteiger partial charge on any atom is -0.351 e. The van der Waals surface area contributed by atoms with Crippen LogP contribution >= 0.6 is 25.7 Å². The molecule has 2 N–H and O–H groups in total. The lowest BCUT2D eigenvalue weighted by Crippen LogP contribution is -2.30. The predicted molar refractivity (Wildman–Crippen MR) is 61.8 cm³/mol. The molecule has 0 aliphatic heterocycles. The molecule has 0 atom stereocenters. The highest BCUT2D eigenvalue weighted by molar-refractivity contribution is 7.39. The Labute approximate surface area is 99.4 Å². The van der Waals surface area contributed by atoms with Crippen LogP contribution in [0.2, 0.25) is 0 Å². The fraction of sp³-hybridized carbons (Fsp3) is 1.00. The van der Waals surface area contributed by atoms with E-state index in [0.717, 1.165) is 25.7 Å². The Morgan fingerprint density at radius 3 is 2.31 bits per heavy atom. The maximum atomic E-state index is 10.0. The Morgan fingerprint density at radius 2 is 1.81 bits per heavy atom. The minimum atomic E-state index is -0.349. The van der Waals surface area contributed by atoms with E-state index in [2.05, 4.69) is 4.52 Å². The SMILES string of the molecule is N=PN(P=N)C1CCC(OCOP=O)CC1. The molecule has 0 unspecified atom stereocenters. The van der Waals surface area contributed by atoms with Crippen molar-refractivity contribution in [3.8, 4) is 0 Å². The average molecular weight is 281 g/mol. The number of hydrogen-bond acceptors (Lipinski definition) is 5. The van der Waals surface area contributed by atoms with Crippen molar-refractivity contribution >= 4 is 25.7 Å². The van der Waals surface area contributed by atoms with Gasteiger partial charge in [0.25, 0.3) is 0 Å². The normalized spacial score (nSPS) is 26.8. The van der Waals surface area contributed by atoms with Gasteiger partial charge in [-0.05, 0) is 25.7 Å². The summed E-state index contributed by atoms with van der Waals surface area (Å²) in [6.45, 7) is 0.0670. The van der Waals surface area contributed by atoms with Crippen molar-refractivity contribution in [3.63, 3.8) is 0 Å². The van der Waals surface area contributed by atoms with Crippen LogP contribution in [0.5, 0.6) is 0 Å². The molecule has 1 saturated carbocycles. The molecular weight excluding hydrogens is 267 g/mol. The van der Waals surface area contributed by atoms with Crippen molar-refractivity contribution < 1.29 is 13.8 Å². The molecule has 16 heavy (non-hydrogen) atoms. The minimum absolute atomic E-state index is 0.0670. The first-order valence-corrected chi connectivity index (χ1v) is 7.34. The van der Waals surface area contributed by atoms with Gasteiger partial charge in [-0.2, -0.15) is 4.44 Å². The zero-order chi connectivity index (χ0) is 11.8. The van der Waals surface area contributed by atoms with Gasteiger partial charge < -0.3 is 4.74 Å². The molecule has 0 amide bonds. The average Bonchev–Trinajstić information content (AvgIpc) is 2.33. The summed E-state index contributed by atoms with van der Waals surface area (Å²) >= 11 is 0. The number of ether oxygens (including phenoxy) is 1. The third kappa shape index (κ3) is 4.58. The molecule has 0 radical (unpaired) electrons. The number of nitrogens with zero attached hydrogens (tertiary/aromatic N) is 1. The Kier molecular flexibility index (Phi) is 7.39. The van der Waals surface area contributed by atoms with E-state index in [-0.39, 0.29) is 21.6 Å². The first kappa shape index (κ1) is 14.2. The largest absolute Gasteiger partial charge is 0.351 e. The van der Waals surface area contributed by atoms with Gasteiger partial charge in [0, 0.05) is 6.04 Å². The molecule has 0 spiro atoms. The van der Waals surface area contributed by atoms with Crippen LogP contribution in [0.15, 0.2) is 0 Å². The zero-order valence-corrected chi connectivity index (χ0v) is 11.4. The number of rotatable bonds is 7. The van der Waals surface area contributed by atoms with E-state index < -0.39 is 0 Å². The van der Waals surface area contributed by atoms with Crippen molar-refractivity contribution in [3.05, 3.63) is 0 Å². The quantitative estimate of drug-likeness (QED) is 0.418. The predicted octanol–water partition coefficient (Wildman–Crippen LogP) is 4.04. The van der Waals surface area contributed by atoms with Crippen LogP contribution in [0.1, 0.15) is 25.7 Å². The highest BCUT2D eigenvalue weighted by atomic mass is 31.1. The smallest absolute Gasteiger partial charge is 0.329 e. The summed E-state index contributed by atoms with van der Waals surface area (Å²) in [6, 6.07) is 0.316. The van der Waals surface area contributed by atoms with Crippen molar-refractivity contribution in [1.82, 2.24) is 4.44 Å². The summed E-state index contributed by atoms with van der Waals surface area (Å²) in [5, 5.41) is 14.5. The first-order chi connectivity index (χ1) is 7.81. The second-order valence-corrected chi connectivity index (χ2v) is 5.42. The van der Waals surface area contributed by atoms with E-state index in [0.29, 0.717) is 23.1 Å². The molecule has 1 aliphatic carbocycles. The van der Waals surface area contributed by atoms with Crippen LogP contribution in [-0.4, -0.2) is 23.4 Å². The van der Waals surface area contributed by atoms with Crippen LogP contribution in [0.3, 0.4) is 0 Å². The van der Waals surface area contributed by atoms with Crippen molar-refractivity contribution in [2.45, 2.75) is 37.8 Å². The van der Waals surface area contributed by atoms with E-state index >= 15 is 0 Å². The maximum Gasteiger partial charge on any atom is 0.329 e. The lowest BCUT2D eigenvalue weighted by molar-refractivity contribution is -0.0486. The lowest BCUT2D eigenvalue weighted by Gasteiger charge is -2.30. The Hall–Kier alpha value is 0.180. The molecule has 1 aliphatic rings. The molecular formula is C7H14N3O3P3. The van der Waals surface area contributed by atoms with Gasteiger partial charge in [-0.1, -0.05) is 0 Å². The molecule has 0 aromatic heterocycles. The molecule has 1 rings (SSSR count).